The summed E-state index contributed by atoms with van der Waals surface area (Å²) in [5.41, 5.74) is 8.32. The van der Waals surface area contributed by atoms with Gasteiger partial charge in [-0.2, -0.15) is 0 Å². The van der Waals surface area contributed by atoms with Crippen molar-refractivity contribution in [3.8, 4) is 11.4 Å². The molecule has 0 atom stereocenters. The quantitative estimate of drug-likeness (QED) is 0.766. The fourth-order valence-electron chi connectivity index (χ4n) is 1.88. The zero-order valence-corrected chi connectivity index (χ0v) is 8.97. The van der Waals surface area contributed by atoms with Crippen molar-refractivity contribution in [1.82, 2.24) is 9.97 Å². The van der Waals surface area contributed by atoms with Gasteiger partial charge in [0.2, 0.25) is 5.91 Å². The Morgan fingerprint density at radius 1 is 1.29 bits per heavy atom. The number of nitrogens with two attached hydrogens (primary N) is 1. The summed E-state index contributed by atoms with van der Waals surface area (Å²) in [7, 11) is 0. The Morgan fingerprint density at radius 3 is 3.00 bits per heavy atom. The predicted octanol–water partition coefficient (Wildman–Crippen LogP) is 1.22. The van der Waals surface area contributed by atoms with Gasteiger partial charge in [-0.3, -0.25) is 4.79 Å². The van der Waals surface area contributed by atoms with Crippen LogP contribution < -0.4 is 11.1 Å². The molecule has 0 aliphatic carbocycles. The van der Waals surface area contributed by atoms with Gasteiger partial charge in [-0.25, -0.2) is 9.97 Å². The number of fused-ring (bicyclic) bond motifs is 1. The molecule has 0 fully saturated rings. The molecule has 5 heteroatoms. The summed E-state index contributed by atoms with van der Waals surface area (Å²) in [6.45, 7) is 0. The highest BCUT2D eigenvalue weighted by molar-refractivity contribution is 5.99. The molecule has 0 bridgehead atoms. The summed E-state index contributed by atoms with van der Waals surface area (Å²) in [5, 5.41) is 2.78. The van der Waals surface area contributed by atoms with Crippen LogP contribution in [-0.2, 0) is 11.2 Å². The number of nitrogen functional groups attached to an aromatic ring is 1. The van der Waals surface area contributed by atoms with Gasteiger partial charge >= 0.3 is 0 Å². The molecule has 84 valence electrons. The zero-order chi connectivity index (χ0) is 11.8. The van der Waals surface area contributed by atoms with E-state index in [1.807, 2.05) is 18.2 Å². The summed E-state index contributed by atoms with van der Waals surface area (Å²) >= 11 is 0. The van der Waals surface area contributed by atoms with Crippen molar-refractivity contribution in [2.45, 2.75) is 6.42 Å². The van der Waals surface area contributed by atoms with Crippen molar-refractivity contribution < 1.29 is 4.79 Å². The summed E-state index contributed by atoms with van der Waals surface area (Å²) < 4.78 is 0. The van der Waals surface area contributed by atoms with E-state index in [4.69, 9.17) is 5.73 Å². The zero-order valence-electron chi connectivity index (χ0n) is 8.97. The van der Waals surface area contributed by atoms with E-state index in [1.54, 1.807) is 12.3 Å². The van der Waals surface area contributed by atoms with Crippen molar-refractivity contribution in [2.75, 3.05) is 11.1 Å². The van der Waals surface area contributed by atoms with Crippen LogP contribution in [-0.4, -0.2) is 15.9 Å². The second kappa shape index (κ2) is 3.55. The average molecular weight is 226 g/mol. The Balaban J connectivity index is 2.06. The second-order valence-corrected chi connectivity index (χ2v) is 3.90. The molecular weight excluding hydrogens is 216 g/mol. The smallest absolute Gasteiger partial charge is 0.228 e. The predicted molar refractivity (Wildman–Crippen MR) is 64.2 cm³/mol. The third kappa shape index (κ3) is 1.71. The number of nitrogens with zero attached hydrogens (tertiary/aromatic N) is 2. The molecule has 3 rings (SSSR count). The maximum absolute atomic E-state index is 11.2. The molecule has 0 unspecified atom stereocenters. The van der Waals surface area contributed by atoms with Crippen LogP contribution in [0.25, 0.3) is 11.4 Å². The van der Waals surface area contributed by atoms with Gasteiger partial charge in [0, 0.05) is 17.4 Å². The van der Waals surface area contributed by atoms with Crippen molar-refractivity contribution in [3.05, 3.63) is 36.0 Å². The highest BCUT2D eigenvalue weighted by Gasteiger charge is 2.18. The second-order valence-electron chi connectivity index (χ2n) is 3.90. The average Bonchev–Trinajstić information content (AvgIpc) is 2.68. The van der Waals surface area contributed by atoms with Crippen LogP contribution in [0, 0.1) is 0 Å². The monoisotopic (exact) mass is 226 g/mol. The third-order valence-corrected chi connectivity index (χ3v) is 2.67. The van der Waals surface area contributed by atoms with Gasteiger partial charge in [-0.15, -0.1) is 0 Å². The minimum Gasteiger partial charge on any atom is -0.384 e. The molecule has 0 radical (unpaired) electrons. The largest absolute Gasteiger partial charge is 0.384 e. The molecule has 3 N–H and O–H groups in total. The van der Waals surface area contributed by atoms with Gasteiger partial charge in [0.25, 0.3) is 0 Å². The Labute approximate surface area is 97.7 Å². The van der Waals surface area contributed by atoms with Gasteiger partial charge in [0.05, 0.1) is 6.42 Å². The molecule has 2 heterocycles. The van der Waals surface area contributed by atoms with Crippen molar-refractivity contribution in [2.24, 2.45) is 0 Å². The van der Waals surface area contributed by atoms with E-state index in [1.165, 1.54) is 0 Å². The van der Waals surface area contributed by atoms with Crippen LogP contribution in [0.15, 0.2) is 30.5 Å². The van der Waals surface area contributed by atoms with Crippen molar-refractivity contribution in [3.63, 3.8) is 0 Å². The number of aromatic nitrogens is 2. The Bertz CT molecular complexity index is 609. The number of rotatable bonds is 1. The summed E-state index contributed by atoms with van der Waals surface area (Å²) in [5.74, 6) is 1.03. The van der Waals surface area contributed by atoms with E-state index in [9.17, 15) is 4.79 Å². The number of amides is 1. The van der Waals surface area contributed by atoms with E-state index in [2.05, 4.69) is 15.3 Å². The lowest BCUT2D eigenvalue weighted by atomic mass is 10.1. The Hall–Kier alpha value is -2.43. The Morgan fingerprint density at radius 2 is 2.18 bits per heavy atom. The number of hydrogen-bond acceptors (Lipinski definition) is 4. The SMILES string of the molecule is Nc1ccnc(-c2ccc3c(c2)CC(=O)N3)n1. The van der Waals surface area contributed by atoms with Gasteiger partial charge in [-0.1, -0.05) is 0 Å². The maximum atomic E-state index is 11.2. The summed E-state index contributed by atoms with van der Waals surface area (Å²) in [6.07, 6.45) is 2.03. The topological polar surface area (TPSA) is 80.9 Å². The fourth-order valence-corrected chi connectivity index (χ4v) is 1.88. The van der Waals surface area contributed by atoms with Gasteiger partial charge in [0.1, 0.15) is 5.82 Å². The fraction of sp³-hybridized carbons (Fsp3) is 0.0833. The highest BCUT2D eigenvalue weighted by atomic mass is 16.1. The molecule has 0 spiro atoms. The van der Waals surface area contributed by atoms with Crippen molar-refractivity contribution >= 4 is 17.4 Å². The van der Waals surface area contributed by atoms with Gasteiger partial charge in [-0.05, 0) is 29.8 Å². The van der Waals surface area contributed by atoms with Crippen LogP contribution in [0.4, 0.5) is 11.5 Å². The van der Waals surface area contributed by atoms with Crippen LogP contribution in [0.1, 0.15) is 5.56 Å². The number of anilines is 2. The van der Waals surface area contributed by atoms with E-state index >= 15 is 0 Å². The number of nitrogens with one attached hydrogen (secondary N) is 1. The van der Waals surface area contributed by atoms with Crippen LogP contribution in [0.2, 0.25) is 0 Å². The lowest BCUT2D eigenvalue weighted by molar-refractivity contribution is -0.115. The molecule has 2 aromatic rings. The minimum atomic E-state index is 0.0191. The van der Waals surface area contributed by atoms with Crippen LogP contribution >= 0.6 is 0 Å². The first-order valence-corrected chi connectivity index (χ1v) is 5.24. The minimum absolute atomic E-state index is 0.0191. The number of carbonyl (C=O) groups is 1. The van der Waals surface area contributed by atoms with Gasteiger partial charge < -0.3 is 11.1 Å². The first kappa shape index (κ1) is 9.77. The van der Waals surface area contributed by atoms with Crippen LogP contribution in [0.5, 0.6) is 0 Å². The van der Waals surface area contributed by atoms with E-state index < -0.39 is 0 Å². The molecule has 1 aromatic heterocycles. The van der Waals surface area contributed by atoms with E-state index in [0.29, 0.717) is 18.1 Å². The highest BCUT2D eigenvalue weighted by Crippen LogP contribution is 2.27. The molecule has 0 saturated heterocycles. The first-order valence-electron chi connectivity index (χ1n) is 5.24. The number of benzene rings is 1. The van der Waals surface area contributed by atoms with E-state index in [0.717, 1.165) is 16.8 Å². The molecule has 1 aliphatic heterocycles. The molecule has 0 saturated carbocycles. The normalized spacial score (nSPS) is 13.3. The maximum Gasteiger partial charge on any atom is 0.228 e. The Kier molecular flexibility index (Phi) is 2.04. The standard InChI is InChI=1S/C12H10N4O/c13-10-3-4-14-12(16-10)7-1-2-9-8(5-7)6-11(17)15-9/h1-5H,6H2,(H,15,17)(H2,13,14,16). The number of hydrogen-bond donors (Lipinski definition) is 2. The first-order chi connectivity index (χ1) is 8.22. The molecule has 5 nitrogen and oxygen atoms in total. The molecule has 1 aliphatic rings. The lowest BCUT2D eigenvalue weighted by Gasteiger charge is -2.03. The van der Waals surface area contributed by atoms with Crippen molar-refractivity contribution in [1.29, 1.82) is 0 Å². The molecule has 1 amide bonds. The molecule has 1 aromatic carbocycles. The van der Waals surface area contributed by atoms with E-state index in [-0.39, 0.29) is 5.91 Å². The summed E-state index contributed by atoms with van der Waals surface area (Å²) in [4.78, 5) is 19.5. The van der Waals surface area contributed by atoms with Crippen LogP contribution in [0.3, 0.4) is 0 Å². The third-order valence-electron chi connectivity index (χ3n) is 2.67. The number of carbonyl (C=O) groups excluding carboxylic acids is 1. The van der Waals surface area contributed by atoms with Gasteiger partial charge in [0.15, 0.2) is 5.82 Å². The molecular formula is C12H10N4O. The lowest BCUT2D eigenvalue weighted by Crippen LogP contribution is -2.03. The molecule has 17 heavy (non-hydrogen) atoms. The summed E-state index contributed by atoms with van der Waals surface area (Å²) in [6, 6.07) is 7.30.